The van der Waals surface area contributed by atoms with E-state index in [9.17, 15) is 13.2 Å². The Labute approximate surface area is 73.7 Å². The zero-order valence-corrected chi connectivity index (χ0v) is 7.24. The molecule has 0 atom stereocenters. The molecule has 0 unspecified atom stereocenters. The van der Waals surface area contributed by atoms with Gasteiger partial charge in [-0.2, -0.15) is 18.3 Å². The number of allylic oxidation sites excluding steroid dienone is 1. The Bertz CT molecular complexity index is 336. The fourth-order valence-corrected chi connectivity index (χ4v) is 0.929. The number of rotatable bonds is 1. The van der Waals surface area contributed by atoms with Crippen molar-refractivity contribution < 1.29 is 13.2 Å². The minimum atomic E-state index is -4.44. The molecule has 1 heterocycles. The van der Waals surface area contributed by atoms with Gasteiger partial charge in [-0.05, 0) is 12.5 Å². The van der Waals surface area contributed by atoms with Crippen LogP contribution in [-0.4, -0.2) is 9.78 Å². The summed E-state index contributed by atoms with van der Waals surface area (Å²) in [5, 5.41) is 3.28. The zero-order valence-electron chi connectivity index (χ0n) is 7.24. The van der Waals surface area contributed by atoms with Gasteiger partial charge in [-0.1, -0.05) is 6.58 Å². The first-order valence-corrected chi connectivity index (χ1v) is 3.51. The van der Waals surface area contributed by atoms with E-state index in [-0.39, 0.29) is 5.69 Å². The highest BCUT2D eigenvalue weighted by Gasteiger charge is 2.34. The van der Waals surface area contributed by atoms with E-state index in [1.807, 2.05) is 0 Å². The Balaban J connectivity index is 3.17. The van der Waals surface area contributed by atoms with Gasteiger partial charge in [0.1, 0.15) is 0 Å². The van der Waals surface area contributed by atoms with Crippen LogP contribution in [0.4, 0.5) is 13.2 Å². The molecular weight excluding hydrogens is 181 g/mol. The van der Waals surface area contributed by atoms with Gasteiger partial charge >= 0.3 is 6.18 Å². The molecule has 0 N–H and O–H groups in total. The van der Waals surface area contributed by atoms with Gasteiger partial charge in [0.25, 0.3) is 0 Å². The van der Waals surface area contributed by atoms with Gasteiger partial charge < -0.3 is 0 Å². The molecule has 0 spiro atoms. The van der Waals surface area contributed by atoms with Crippen LogP contribution in [0.2, 0.25) is 0 Å². The third-order valence-electron chi connectivity index (χ3n) is 1.48. The highest BCUT2D eigenvalue weighted by atomic mass is 19.4. The summed E-state index contributed by atoms with van der Waals surface area (Å²) in [4.78, 5) is 0. The SMILES string of the molecule is C=C(C)c1[c]c(C(F)(F)F)nn1C. The van der Waals surface area contributed by atoms with Crippen LogP contribution >= 0.6 is 0 Å². The van der Waals surface area contributed by atoms with Crippen molar-refractivity contribution in [2.45, 2.75) is 13.1 Å². The highest BCUT2D eigenvalue weighted by molar-refractivity contribution is 5.57. The molecule has 0 saturated heterocycles. The van der Waals surface area contributed by atoms with Crippen molar-refractivity contribution in [3.8, 4) is 0 Å². The summed E-state index contributed by atoms with van der Waals surface area (Å²) in [6.07, 6.45) is -4.44. The van der Waals surface area contributed by atoms with E-state index in [0.717, 1.165) is 4.68 Å². The second kappa shape index (κ2) is 2.90. The van der Waals surface area contributed by atoms with Crippen molar-refractivity contribution in [2.75, 3.05) is 0 Å². The summed E-state index contributed by atoms with van der Waals surface area (Å²) < 4.78 is 37.4. The lowest BCUT2D eigenvalue weighted by molar-refractivity contribution is -0.141. The first-order chi connectivity index (χ1) is 5.82. The van der Waals surface area contributed by atoms with E-state index in [4.69, 9.17) is 0 Å². The van der Waals surface area contributed by atoms with Crippen LogP contribution < -0.4 is 0 Å². The number of aromatic nitrogens is 2. The zero-order chi connectivity index (χ0) is 10.2. The largest absolute Gasteiger partial charge is 0.435 e. The van der Waals surface area contributed by atoms with E-state index in [1.165, 1.54) is 7.05 Å². The molecule has 13 heavy (non-hydrogen) atoms. The molecule has 0 aliphatic heterocycles. The van der Waals surface area contributed by atoms with Crippen LogP contribution in [0.3, 0.4) is 0 Å². The molecule has 0 saturated carbocycles. The summed E-state index contributed by atoms with van der Waals surface area (Å²) in [5.41, 5.74) is -0.231. The predicted molar refractivity (Wildman–Crippen MR) is 41.8 cm³/mol. The monoisotopic (exact) mass is 189 g/mol. The third-order valence-corrected chi connectivity index (χ3v) is 1.48. The van der Waals surface area contributed by atoms with Gasteiger partial charge in [-0.3, -0.25) is 4.68 Å². The summed E-state index contributed by atoms with van der Waals surface area (Å²) in [6, 6.07) is 2.15. The number of hydrogen-bond donors (Lipinski definition) is 0. The number of aryl methyl sites for hydroxylation is 1. The summed E-state index contributed by atoms with van der Waals surface area (Å²) >= 11 is 0. The van der Waals surface area contributed by atoms with Crippen molar-refractivity contribution in [3.05, 3.63) is 24.0 Å². The normalized spacial score (nSPS) is 11.8. The maximum absolute atomic E-state index is 12.1. The van der Waals surface area contributed by atoms with Gasteiger partial charge in [-0.25, -0.2) is 0 Å². The van der Waals surface area contributed by atoms with E-state index < -0.39 is 11.9 Å². The molecule has 1 aromatic rings. The molecule has 0 amide bonds. The summed E-state index contributed by atoms with van der Waals surface area (Å²) in [7, 11) is 1.43. The Morgan fingerprint density at radius 1 is 1.54 bits per heavy atom. The topological polar surface area (TPSA) is 17.8 Å². The van der Waals surface area contributed by atoms with E-state index in [2.05, 4.69) is 17.7 Å². The van der Waals surface area contributed by atoms with Crippen LogP contribution in [0.15, 0.2) is 6.58 Å². The molecule has 0 bridgehead atoms. The second-order valence-corrected chi connectivity index (χ2v) is 2.72. The lowest BCUT2D eigenvalue weighted by Gasteiger charge is -1.98. The van der Waals surface area contributed by atoms with Crippen molar-refractivity contribution in [2.24, 2.45) is 7.05 Å². The van der Waals surface area contributed by atoms with Crippen molar-refractivity contribution in [1.29, 1.82) is 0 Å². The van der Waals surface area contributed by atoms with Gasteiger partial charge in [-0.15, -0.1) is 0 Å². The fraction of sp³-hybridized carbons (Fsp3) is 0.375. The molecule has 0 aromatic carbocycles. The van der Waals surface area contributed by atoms with E-state index >= 15 is 0 Å². The molecule has 0 aliphatic rings. The fourth-order valence-electron chi connectivity index (χ4n) is 0.929. The summed E-state index contributed by atoms with van der Waals surface area (Å²) in [6.45, 7) is 5.13. The van der Waals surface area contributed by atoms with Crippen LogP contribution in [0, 0.1) is 6.07 Å². The van der Waals surface area contributed by atoms with Crippen LogP contribution in [0.5, 0.6) is 0 Å². The molecule has 0 aliphatic carbocycles. The van der Waals surface area contributed by atoms with Gasteiger partial charge in [0.05, 0.1) is 5.69 Å². The second-order valence-electron chi connectivity index (χ2n) is 2.72. The van der Waals surface area contributed by atoms with Crippen molar-refractivity contribution in [1.82, 2.24) is 9.78 Å². The molecule has 1 aromatic heterocycles. The molecule has 1 radical (unpaired) electrons. The van der Waals surface area contributed by atoms with Gasteiger partial charge in [0.15, 0.2) is 5.69 Å². The molecule has 0 fully saturated rings. The quantitative estimate of drug-likeness (QED) is 0.662. The predicted octanol–water partition coefficient (Wildman–Crippen LogP) is 2.27. The third kappa shape index (κ3) is 1.91. The molecule has 2 nitrogen and oxygen atoms in total. The number of halogens is 3. The standard InChI is InChI=1S/C8H8F3N2/c1-5(2)6-4-7(8(9,10)11)12-13(6)3/h1H2,2-3H3. The smallest absolute Gasteiger partial charge is 0.267 e. The molecule has 1 rings (SSSR count). The lowest BCUT2D eigenvalue weighted by Crippen LogP contribution is -2.06. The average Bonchev–Trinajstić information content (AvgIpc) is 2.29. The van der Waals surface area contributed by atoms with Crippen molar-refractivity contribution in [3.63, 3.8) is 0 Å². The lowest BCUT2D eigenvalue weighted by atomic mass is 10.2. The van der Waals surface area contributed by atoms with E-state index in [1.54, 1.807) is 6.92 Å². The maximum Gasteiger partial charge on any atom is 0.435 e. The minimum absolute atomic E-state index is 0.271. The van der Waals surface area contributed by atoms with Crippen LogP contribution in [-0.2, 0) is 13.2 Å². The maximum atomic E-state index is 12.1. The Morgan fingerprint density at radius 3 is 2.31 bits per heavy atom. The number of alkyl halides is 3. The molecule has 5 heteroatoms. The van der Waals surface area contributed by atoms with Gasteiger partial charge in [0.2, 0.25) is 0 Å². The Hall–Kier alpha value is -1.26. The van der Waals surface area contributed by atoms with E-state index in [0.29, 0.717) is 5.57 Å². The van der Waals surface area contributed by atoms with Gasteiger partial charge in [0, 0.05) is 13.1 Å². The van der Waals surface area contributed by atoms with Crippen molar-refractivity contribution >= 4 is 5.57 Å². The Morgan fingerprint density at radius 2 is 2.08 bits per heavy atom. The Kier molecular flexibility index (Phi) is 2.19. The summed E-state index contributed by atoms with van der Waals surface area (Å²) in [5.74, 6) is 0. The van der Waals surface area contributed by atoms with Crippen LogP contribution in [0.1, 0.15) is 18.3 Å². The first-order valence-electron chi connectivity index (χ1n) is 3.51. The minimum Gasteiger partial charge on any atom is -0.267 e. The number of nitrogens with zero attached hydrogens (tertiary/aromatic N) is 2. The molecule has 71 valence electrons. The number of hydrogen-bond acceptors (Lipinski definition) is 1. The first kappa shape index (κ1) is 9.83. The molecular formula is C8H8F3N2. The van der Waals surface area contributed by atoms with Crippen LogP contribution in [0.25, 0.3) is 5.57 Å². The average molecular weight is 189 g/mol. The highest BCUT2D eigenvalue weighted by Crippen LogP contribution is 2.28.